The van der Waals surface area contributed by atoms with Gasteiger partial charge in [-0.3, -0.25) is 4.57 Å². The van der Waals surface area contributed by atoms with Gasteiger partial charge in [0.2, 0.25) is 5.95 Å². The molecule has 0 saturated heterocycles. The molecule has 5 rings (SSSR count). The first-order valence-corrected chi connectivity index (χ1v) is 10.0. The largest absolute Gasteiger partial charge is 0.493 e. The Morgan fingerprint density at radius 1 is 1.10 bits per heavy atom. The Balaban J connectivity index is 1.29. The van der Waals surface area contributed by atoms with Crippen molar-refractivity contribution in [2.75, 3.05) is 24.6 Å². The molecule has 152 valence electrons. The summed E-state index contributed by atoms with van der Waals surface area (Å²) >= 11 is 0. The third-order valence-corrected chi connectivity index (χ3v) is 5.57. The third-order valence-electron chi connectivity index (χ3n) is 5.57. The van der Waals surface area contributed by atoms with E-state index in [1.54, 1.807) is 18.5 Å². The van der Waals surface area contributed by atoms with Crippen molar-refractivity contribution >= 4 is 11.5 Å². The number of ether oxygens (including phenoxy) is 1. The fourth-order valence-corrected chi connectivity index (χ4v) is 3.92. The van der Waals surface area contributed by atoms with E-state index in [9.17, 15) is 9.18 Å². The highest BCUT2D eigenvalue weighted by molar-refractivity contribution is 5.68. The molecule has 0 saturated carbocycles. The predicted molar refractivity (Wildman–Crippen MR) is 112 cm³/mol. The maximum Gasteiger partial charge on any atom is 0.352 e. The van der Waals surface area contributed by atoms with Gasteiger partial charge in [0.05, 0.1) is 13.2 Å². The first kappa shape index (κ1) is 18.5. The summed E-state index contributed by atoms with van der Waals surface area (Å²) in [5.41, 5.74) is 4.08. The second-order valence-corrected chi connectivity index (χ2v) is 7.54. The minimum Gasteiger partial charge on any atom is -0.493 e. The highest BCUT2D eigenvalue weighted by atomic mass is 19.1. The Labute approximate surface area is 173 Å². The van der Waals surface area contributed by atoms with Crippen molar-refractivity contribution in [1.82, 2.24) is 14.5 Å². The van der Waals surface area contributed by atoms with Gasteiger partial charge >= 0.3 is 5.69 Å². The van der Waals surface area contributed by atoms with Crippen LogP contribution in [0.1, 0.15) is 23.1 Å². The summed E-state index contributed by atoms with van der Waals surface area (Å²) < 4.78 is 20.2. The van der Waals surface area contributed by atoms with E-state index in [0.717, 1.165) is 29.7 Å². The molecule has 7 heteroatoms. The van der Waals surface area contributed by atoms with Crippen molar-refractivity contribution in [3.05, 3.63) is 87.9 Å². The molecule has 0 spiro atoms. The molecule has 0 unspecified atom stereocenters. The molecule has 2 aliphatic heterocycles. The average Bonchev–Trinajstić information content (AvgIpc) is 3.24. The first-order valence-electron chi connectivity index (χ1n) is 10.0. The highest BCUT2D eigenvalue weighted by Crippen LogP contribution is 2.26. The zero-order valence-corrected chi connectivity index (χ0v) is 16.4. The number of aromatic nitrogens is 3. The van der Waals surface area contributed by atoms with Crippen molar-refractivity contribution < 1.29 is 9.13 Å². The topological polar surface area (TPSA) is 60.2 Å². The van der Waals surface area contributed by atoms with Crippen molar-refractivity contribution in [1.29, 1.82) is 0 Å². The van der Waals surface area contributed by atoms with Crippen LogP contribution in [0.3, 0.4) is 0 Å². The van der Waals surface area contributed by atoms with Crippen LogP contribution in [0, 0.1) is 5.82 Å². The Morgan fingerprint density at radius 3 is 2.73 bits per heavy atom. The number of halogens is 1. The second kappa shape index (κ2) is 7.74. The van der Waals surface area contributed by atoms with Gasteiger partial charge in [-0.15, -0.1) is 0 Å². The summed E-state index contributed by atoms with van der Waals surface area (Å²) in [5.74, 6) is 1.13. The zero-order valence-electron chi connectivity index (χ0n) is 16.4. The number of fused-ring (bicyclic) bond motifs is 1. The van der Waals surface area contributed by atoms with E-state index in [2.05, 4.69) is 22.1 Å². The van der Waals surface area contributed by atoms with E-state index in [4.69, 9.17) is 4.74 Å². The van der Waals surface area contributed by atoms with Crippen LogP contribution in [0.15, 0.2) is 59.7 Å². The molecule has 0 atom stereocenters. The zero-order chi connectivity index (χ0) is 20.5. The molecule has 0 amide bonds. The fraction of sp³-hybridized carbons (Fsp3) is 0.261. The van der Waals surface area contributed by atoms with E-state index in [1.807, 2.05) is 17.0 Å². The highest BCUT2D eigenvalue weighted by Gasteiger charge is 2.17. The molecule has 1 aromatic heterocycles. The van der Waals surface area contributed by atoms with Crippen molar-refractivity contribution in [2.45, 2.75) is 19.4 Å². The number of hydrogen-bond acceptors (Lipinski definition) is 5. The smallest absolute Gasteiger partial charge is 0.352 e. The van der Waals surface area contributed by atoms with Crippen LogP contribution >= 0.6 is 0 Å². The lowest BCUT2D eigenvalue weighted by Crippen LogP contribution is -2.34. The second-order valence-electron chi connectivity index (χ2n) is 7.54. The number of hydrogen-bond donors (Lipinski definition) is 0. The van der Waals surface area contributed by atoms with Gasteiger partial charge in [-0.2, -0.15) is 4.98 Å². The van der Waals surface area contributed by atoms with Crippen LogP contribution in [-0.2, 0) is 13.0 Å². The molecule has 30 heavy (non-hydrogen) atoms. The van der Waals surface area contributed by atoms with Gasteiger partial charge in [-0.25, -0.2) is 14.2 Å². The number of rotatable bonds is 4. The summed E-state index contributed by atoms with van der Waals surface area (Å²) in [7, 11) is 0. The van der Waals surface area contributed by atoms with Crippen LogP contribution < -0.4 is 15.3 Å². The minimum atomic E-state index is -0.315. The summed E-state index contributed by atoms with van der Waals surface area (Å²) in [6.45, 7) is 2.46. The first-order chi connectivity index (χ1) is 14.7. The number of anilines is 1. The molecule has 3 aromatic rings. The van der Waals surface area contributed by atoms with E-state index >= 15 is 0 Å². The summed E-state index contributed by atoms with van der Waals surface area (Å²) in [6.07, 6.45) is 5.33. The van der Waals surface area contributed by atoms with E-state index in [-0.39, 0.29) is 11.5 Å². The van der Waals surface area contributed by atoms with Gasteiger partial charge in [0.15, 0.2) is 0 Å². The maximum atomic E-state index is 13.1. The Hall–Kier alpha value is -3.48. The van der Waals surface area contributed by atoms with Crippen LogP contribution in [0.25, 0.3) is 5.57 Å². The van der Waals surface area contributed by atoms with Crippen LogP contribution in [0.2, 0.25) is 0 Å². The molecule has 0 bridgehead atoms. The van der Waals surface area contributed by atoms with Gasteiger partial charge in [-0.1, -0.05) is 30.3 Å². The van der Waals surface area contributed by atoms with Gasteiger partial charge in [0.1, 0.15) is 17.9 Å². The Morgan fingerprint density at radius 2 is 1.97 bits per heavy atom. The number of nitrogens with zero attached hydrogens (tertiary/aromatic N) is 4. The molecule has 0 fully saturated rings. The molecule has 2 aromatic carbocycles. The molecular formula is C23H21FN4O2. The molecule has 3 heterocycles. The molecule has 2 aliphatic rings. The van der Waals surface area contributed by atoms with E-state index in [1.165, 1.54) is 27.8 Å². The average molecular weight is 404 g/mol. The summed E-state index contributed by atoms with van der Waals surface area (Å²) in [5, 5.41) is 0. The van der Waals surface area contributed by atoms with Crippen molar-refractivity contribution in [3.8, 4) is 5.75 Å². The minimum absolute atomic E-state index is 0.237. The van der Waals surface area contributed by atoms with Gasteiger partial charge in [-0.05, 0) is 46.9 Å². The molecule has 6 nitrogen and oxygen atoms in total. The summed E-state index contributed by atoms with van der Waals surface area (Å²) in [6, 6.07) is 12.5. The SMILES string of the molecule is O=c1nc(N2CC=C(c3ccc(F)cc3)CC2)ncn1Cc1ccc2c(c1)CCO2. The molecule has 0 aliphatic carbocycles. The third kappa shape index (κ3) is 3.70. The van der Waals surface area contributed by atoms with Gasteiger partial charge < -0.3 is 9.64 Å². The molecule has 0 N–H and O–H groups in total. The predicted octanol–water partition coefficient (Wildman–Crippen LogP) is 3.05. The van der Waals surface area contributed by atoms with Crippen LogP contribution in [0.5, 0.6) is 5.75 Å². The van der Waals surface area contributed by atoms with Crippen LogP contribution in [0.4, 0.5) is 10.3 Å². The maximum absolute atomic E-state index is 13.1. The monoisotopic (exact) mass is 404 g/mol. The lowest BCUT2D eigenvalue weighted by molar-refractivity contribution is 0.357. The van der Waals surface area contributed by atoms with E-state index in [0.29, 0.717) is 32.2 Å². The van der Waals surface area contributed by atoms with Gasteiger partial charge in [0, 0.05) is 19.5 Å². The van der Waals surface area contributed by atoms with Gasteiger partial charge in [0.25, 0.3) is 0 Å². The molecule has 0 radical (unpaired) electrons. The fourth-order valence-electron chi connectivity index (χ4n) is 3.92. The number of benzene rings is 2. The summed E-state index contributed by atoms with van der Waals surface area (Å²) in [4.78, 5) is 23.1. The van der Waals surface area contributed by atoms with Crippen molar-refractivity contribution in [2.24, 2.45) is 0 Å². The Kier molecular flexibility index (Phi) is 4.78. The molecular weight excluding hydrogens is 383 g/mol. The van der Waals surface area contributed by atoms with E-state index < -0.39 is 0 Å². The van der Waals surface area contributed by atoms with Crippen molar-refractivity contribution in [3.63, 3.8) is 0 Å². The lowest BCUT2D eigenvalue weighted by atomic mass is 10.00. The quantitative estimate of drug-likeness (QED) is 0.669. The Bertz CT molecular complexity index is 1170. The standard InChI is InChI=1S/C23H21FN4O2/c24-20-4-2-17(3-5-20)18-7-10-27(11-8-18)22-25-15-28(23(29)26-22)14-16-1-6-21-19(13-16)9-12-30-21/h1-7,13,15H,8-12,14H2. The normalized spacial score (nSPS) is 15.5. The van der Waals surface area contributed by atoms with Crippen LogP contribution in [-0.4, -0.2) is 34.2 Å². The lowest BCUT2D eigenvalue weighted by Gasteiger charge is -2.26.